The van der Waals surface area contributed by atoms with Crippen LogP contribution in [0.1, 0.15) is 32.8 Å². The van der Waals surface area contributed by atoms with Crippen molar-refractivity contribution in [3.63, 3.8) is 0 Å². The predicted octanol–water partition coefficient (Wildman–Crippen LogP) is 2.61. The van der Waals surface area contributed by atoms with E-state index in [1.165, 1.54) is 11.8 Å². The van der Waals surface area contributed by atoms with Crippen molar-refractivity contribution in [3.05, 3.63) is 29.8 Å². The molecule has 7 heteroatoms. The quantitative estimate of drug-likeness (QED) is 0.789. The molecule has 1 aromatic heterocycles. The van der Waals surface area contributed by atoms with Gasteiger partial charge in [0.25, 0.3) is 0 Å². The molecule has 124 valence electrons. The number of aromatic nitrogens is 4. The van der Waals surface area contributed by atoms with E-state index in [4.69, 9.17) is 0 Å². The number of carbonyl (C=O) groups excluding carboxylic acids is 1. The number of rotatable bonds is 7. The molecule has 0 fully saturated rings. The molecule has 2 rings (SSSR count). The molecule has 0 aliphatic carbocycles. The van der Waals surface area contributed by atoms with Gasteiger partial charge in [-0.2, -0.15) is 4.68 Å². The molecule has 0 spiro atoms. The summed E-state index contributed by atoms with van der Waals surface area (Å²) in [6.45, 7) is 8.86. The van der Waals surface area contributed by atoms with Gasteiger partial charge in [0.05, 0.1) is 10.9 Å². The Hall–Kier alpha value is -1.89. The highest BCUT2D eigenvalue weighted by Crippen LogP contribution is 2.23. The molecule has 6 nitrogen and oxygen atoms in total. The Morgan fingerprint density at radius 1 is 1.35 bits per heavy atom. The Bertz CT molecular complexity index is 655. The molecular formula is C16H23N5OS. The van der Waals surface area contributed by atoms with Crippen LogP contribution in [-0.4, -0.2) is 37.9 Å². The first-order valence-electron chi connectivity index (χ1n) is 7.77. The zero-order chi connectivity index (χ0) is 16.8. The van der Waals surface area contributed by atoms with Gasteiger partial charge in [-0.05, 0) is 54.3 Å². The van der Waals surface area contributed by atoms with Crippen LogP contribution in [0.2, 0.25) is 0 Å². The fraction of sp³-hybridized carbons (Fsp3) is 0.500. The van der Waals surface area contributed by atoms with Crippen LogP contribution in [-0.2, 0) is 4.79 Å². The predicted molar refractivity (Wildman–Crippen MR) is 91.7 cm³/mol. The number of hydrogen-bond acceptors (Lipinski definition) is 5. The van der Waals surface area contributed by atoms with E-state index in [9.17, 15) is 4.79 Å². The normalized spacial score (nSPS) is 12.4. The van der Waals surface area contributed by atoms with Crippen molar-refractivity contribution in [3.8, 4) is 5.69 Å². The highest BCUT2D eigenvalue weighted by atomic mass is 32.2. The summed E-state index contributed by atoms with van der Waals surface area (Å²) in [7, 11) is 0. The molecule has 0 aliphatic rings. The summed E-state index contributed by atoms with van der Waals surface area (Å²) in [5, 5.41) is 15.1. The van der Waals surface area contributed by atoms with Crippen LogP contribution in [0, 0.1) is 12.8 Å². The molecule has 1 atom stereocenters. The van der Waals surface area contributed by atoms with Crippen LogP contribution in [0.5, 0.6) is 0 Å². The molecule has 0 bridgehead atoms. The number of thioether (sulfide) groups is 1. The molecule has 1 N–H and O–H groups in total. The average molecular weight is 333 g/mol. The maximum atomic E-state index is 12.1. The van der Waals surface area contributed by atoms with Gasteiger partial charge in [-0.15, -0.1) is 5.10 Å². The van der Waals surface area contributed by atoms with E-state index in [0.717, 1.165) is 17.7 Å². The molecule has 0 saturated carbocycles. The minimum Gasteiger partial charge on any atom is -0.355 e. The molecule has 1 heterocycles. The Balaban J connectivity index is 2.01. The molecule has 23 heavy (non-hydrogen) atoms. The van der Waals surface area contributed by atoms with E-state index < -0.39 is 0 Å². The lowest BCUT2D eigenvalue weighted by Gasteiger charge is -2.12. The van der Waals surface area contributed by atoms with E-state index in [0.29, 0.717) is 17.6 Å². The van der Waals surface area contributed by atoms with Crippen molar-refractivity contribution in [2.45, 2.75) is 44.5 Å². The van der Waals surface area contributed by atoms with Gasteiger partial charge in [0.15, 0.2) is 0 Å². The van der Waals surface area contributed by atoms with Crippen LogP contribution >= 0.6 is 11.8 Å². The smallest absolute Gasteiger partial charge is 0.233 e. The Labute approximate surface area is 141 Å². The summed E-state index contributed by atoms with van der Waals surface area (Å²) in [5.41, 5.74) is 2.03. The number of carbonyl (C=O) groups is 1. The van der Waals surface area contributed by atoms with Gasteiger partial charge >= 0.3 is 0 Å². The minimum atomic E-state index is -0.253. The lowest BCUT2D eigenvalue weighted by molar-refractivity contribution is -0.120. The first kappa shape index (κ1) is 17.5. The van der Waals surface area contributed by atoms with Gasteiger partial charge < -0.3 is 5.32 Å². The Kier molecular flexibility index (Phi) is 6.15. The van der Waals surface area contributed by atoms with Crippen molar-refractivity contribution < 1.29 is 4.79 Å². The number of tetrazole rings is 1. The van der Waals surface area contributed by atoms with Crippen LogP contribution in [0.15, 0.2) is 29.4 Å². The van der Waals surface area contributed by atoms with E-state index >= 15 is 0 Å². The van der Waals surface area contributed by atoms with Crippen LogP contribution in [0.3, 0.4) is 0 Å². The fourth-order valence-corrected chi connectivity index (χ4v) is 2.85. The largest absolute Gasteiger partial charge is 0.355 e. The van der Waals surface area contributed by atoms with Gasteiger partial charge in [0.2, 0.25) is 11.1 Å². The van der Waals surface area contributed by atoms with Crippen molar-refractivity contribution in [1.82, 2.24) is 25.5 Å². The van der Waals surface area contributed by atoms with Crippen LogP contribution < -0.4 is 5.32 Å². The lowest BCUT2D eigenvalue weighted by Crippen LogP contribution is -2.32. The van der Waals surface area contributed by atoms with Crippen molar-refractivity contribution >= 4 is 17.7 Å². The number of amides is 1. The molecular weight excluding hydrogens is 310 g/mol. The molecule has 0 radical (unpaired) electrons. The van der Waals surface area contributed by atoms with Gasteiger partial charge in [-0.3, -0.25) is 4.79 Å². The summed E-state index contributed by atoms with van der Waals surface area (Å²) in [6.07, 6.45) is 0.976. The highest BCUT2D eigenvalue weighted by molar-refractivity contribution is 8.00. The average Bonchev–Trinajstić information content (AvgIpc) is 2.94. The molecule has 0 aliphatic heterocycles. The summed E-state index contributed by atoms with van der Waals surface area (Å²) < 4.78 is 1.66. The van der Waals surface area contributed by atoms with Crippen LogP contribution in [0.25, 0.3) is 5.69 Å². The summed E-state index contributed by atoms with van der Waals surface area (Å²) in [4.78, 5) is 12.1. The number of nitrogens with one attached hydrogen (secondary N) is 1. The molecule has 2 aromatic rings. The van der Waals surface area contributed by atoms with E-state index in [-0.39, 0.29) is 11.2 Å². The van der Waals surface area contributed by atoms with Crippen molar-refractivity contribution in [2.75, 3.05) is 6.54 Å². The van der Waals surface area contributed by atoms with Gasteiger partial charge in [-0.25, -0.2) is 0 Å². The third-order valence-electron chi connectivity index (χ3n) is 3.36. The lowest BCUT2D eigenvalue weighted by atomic mass is 10.1. The van der Waals surface area contributed by atoms with E-state index in [2.05, 4.69) is 34.7 Å². The van der Waals surface area contributed by atoms with Crippen molar-refractivity contribution in [1.29, 1.82) is 0 Å². The summed E-state index contributed by atoms with van der Waals surface area (Å²) in [6, 6.07) is 7.93. The monoisotopic (exact) mass is 333 g/mol. The summed E-state index contributed by atoms with van der Waals surface area (Å²) in [5.74, 6) is 0.585. The standard InChI is InChI=1S/C16H23N5OS/c1-11(2)8-9-17-15(22)13(4)23-16-18-19-20-21(16)14-7-5-6-12(3)10-14/h5-7,10-11,13H,8-9H2,1-4H3,(H,17,22). The Morgan fingerprint density at radius 3 is 2.83 bits per heavy atom. The minimum absolute atomic E-state index is 0.00874. The number of hydrogen-bond donors (Lipinski definition) is 1. The topological polar surface area (TPSA) is 72.7 Å². The second kappa shape index (κ2) is 8.10. The number of aryl methyl sites for hydroxylation is 1. The first-order valence-corrected chi connectivity index (χ1v) is 8.65. The molecule has 1 aromatic carbocycles. The van der Waals surface area contributed by atoms with Gasteiger partial charge in [0, 0.05) is 6.54 Å². The van der Waals surface area contributed by atoms with E-state index in [1.54, 1.807) is 4.68 Å². The first-order chi connectivity index (χ1) is 11.0. The molecule has 0 saturated heterocycles. The van der Waals surface area contributed by atoms with Crippen molar-refractivity contribution in [2.24, 2.45) is 5.92 Å². The SMILES string of the molecule is Cc1cccc(-n2nnnc2SC(C)C(=O)NCCC(C)C)c1. The number of nitrogens with zero attached hydrogens (tertiary/aromatic N) is 4. The third-order valence-corrected chi connectivity index (χ3v) is 4.39. The zero-order valence-electron chi connectivity index (χ0n) is 14.0. The van der Waals surface area contributed by atoms with E-state index in [1.807, 2.05) is 38.1 Å². The third kappa shape index (κ3) is 5.06. The summed E-state index contributed by atoms with van der Waals surface area (Å²) >= 11 is 1.36. The highest BCUT2D eigenvalue weighted by Gasteiger charge is 2.19. The van der Waals surface area contributed by atoms with Crippen LogP contribution in [0.4, 0.5) is 0 Å². The second-order valence-electron chi connectivity index (χ2n) is 5.95. The maximum Gasteiger partial charge on any atom is 0.233 e. The second-order valence-corrected chi connectivity index (χ2v) is 7.25. The zero-order valence-corrected chi connectivity index (χ0v) is 14.8. The number of benzene rings is 1. The van der Waals surface area contributed by atoms with Gasteiger partial charge in [0.1, 0.15) is 0 Å². The molecule has 1 unspecified atom stereocenters. The van der Waals surface area contributed by atoms with Gasteiger partial charge in [-0.1, -0.05) is 37.7 Å². The Morgan fingerprint density at radius 2 is 2.13 bits per heavy atom. The molecule has 1 amide bonds. The maximum absolute atomic E-state index is 12.1. The fourth-order valence-electron chi connectivity index (χ4n) is 2.01.